The molecule has 3 aromatic rings. The zero-order valence-corrected chi connectivity index (χ0v) is 16.8. The van der Waals surface area contributed by atoms with E-state index in [2.05, 4.69) is 9.97 Å². The molecule has 4 N–H and O–H groups in total. The van der Waals surface area contributed by atoms with Gasteiger partial charge in [0.05, 0.1) is 24.2 Å². The van der Waals surface area contributed by atoms with Crippen LogP contribution >= 0.6 is 0 Å². The Kier molecular flexibility index (Phi) is 6.08. The number of morpholine rings is 1. The van der Waals surface area contributed by atoms with E-state index >= 15 is 0 Å². The van der Waals surface area contributed by atoms with Crippen LogP contribution in [0.2, 0.25) is 0 Å². The molecule has 0 bridgehead atoms. The van der Waals surface area contributed by atoms with Gasteiger partial charge >= 0.3 is 0 Å². The second kappa shape index (κ2) is 8.93. The second-order valence-corrected chi connectivity index (χ2v) is 7.55. The summed E-state index contributed by atoms with van der Waals surface area (Å²) < 4.78 is 18.4. The molecule has 31 heavy (non-hydrogen) atoms. The monoisotopic (exact) mass is 426 g/mol. The van der Waals surface area contributed by atoms with Crippen LogP contribution in [0.25, 0.3) is 11.0 Å². The first-order valence-corrected chi connectivity index (χ1v) is 10.0. The molecule has 1 atom stereocenters. The number of benzene rings is 1. The number of hydrogen-bond acceptors (Lipinski definition) is 6. The lowest BCUT2D eigenvalue weighted by molar-refractivity contribution is -0.0574. The molecule has 162 valence electrons. The standard InChI is InChI=1S/C22H23FN4O4/c23-15-3-1-13(2-4-15)9-14-10-17-20(25-12-14)16(19(21(24)29)22(30)26-17)11-18(28)27-5-7-31-8-6-27/h1-4,10,12,18,28H,5-9,11H2,(H2,24,29)(H,26,30). The van der Waals surface area contributed by atoms with Crippen LogP contribution in [-0.2, 0) is 17.6 Å². The normalized spacial score (nSPS) is 15.8. The number of fused-ring (bicyclic) bond motifs is 1. The van der Waals surface area contributed by atoms with Crippen molar-refractivity contribution in [3.05, 3.63) is 75.0 Å². The van der Waals surface area contributed by atoms with Gasteiger partial charge in [-0.05, 0) is 35.7 Å². The molecule has 0 spiro atoms. The zero-order valence-electron chi connectivity index (χ0n) is 16.8. The van der Waals surface area contributed by atoms with Crippen molar-refractivity contribution in [2.75, 3.05) is 26.3 Å². The third kappa shape index (κ3) is 4.63. The number of aromatic nitrogens is 2. The van der Waals surface area contributed by atoms with E-state index in [1.165, 1.54) is 12.1 Å². The molecule has 1 unspecified atom stereocenters. The van der Waals surface area contributed by atoms with Gasteiger partial charge in [0.1, 0.15) is 17.6 Å². The Balaban J connectivity index is 1.71. The molecular formula is C22H23FN4O4. The minimum absolute atomic E-state index is 0.0308. The summed E-state index contributed by atoms with van der Waals surface area (Å²) in [5.41, 5.74) is 7.52. The highest BCUT2D eigenvalue weighted by Gasteiger charge is 2.25. The summed E-state index contributed by atoms with van der Waals surface area (Å²) >= 11 is 0. The molecule has 1 fully saturated rings. The number of halogens is 1. The molecule has 8 nitrogen and oxygen atoms in total. The molecule has 1 saturated heterocycles. The van der Waals surface area contributed by atoms with Crippen LogP contribution in [0.4, 0.5) is 4.39 Å². The highest BCUT2D eigenvalue weighted by Crippen LogP contribution is 2.21. The number of nitrogens with two attached hydrogens (primary N) is 1. The second-order valence-electron chi connectivity index (χ2n) is 7.55. The van der Waals surface area contributed by atoms with Crippen LogP contribution in [0.3, 0.4) is 0 Å². The molecule has 4 rings (SSSR count). The van der Waals surface area contributed by atoms with Crippen LogP contribution in [0.5, 0.6) is 0 Å². The lowest BCUT2D eigenvalue weighted by Gasteiger charge is -2.31. The molecule has 2 aromatic heterocycles. The van der Waals surface area contributed by atoms with Gasteiger partial charge in [-0.25, -0.2) is 4.39 Å². The van der Waals surface area contributed by atoms with Crippen LogP contribution in [-0.4, -0.2) is 58.4 Å². The van der Waals surface area contributed by atoms with Crippen molar-refractivity contribution in [1.82, 2.24) is 14.9 Å². The molecule has 1 aromatic carbocycles. The average Bonchev–Trinajstić information content (AvgIpc) is 2.75. The number of carbonyl (C=O) groups is 1. The predicted octanol–water partition coefficient (Wildman–Crippen LogP) is 0.945. The number of nitrogens with one attached hydrogen (secondary N) is 1. The number of aromatic amines is 1. The van der Waals surface area contributed by atoms with Gasteiger partial charge in [-0.2, -0.15) is 0 Å². The Hall–Kier alpha value is -3.14. The highest BCUT2D eigenvalue weighted by atomic mass is 19.1. The molecule has 0 radical (unpaired) electrons. The first-order chi connectivity index (χ1) is 14.9. The third-order valence-corrected chi connectivity index (χ3v) is 5.43. The molecule has 1 amide bonds. The first kappa shape index (κ1) is 21.1. The third-order valence-electron chi connectivity index (χ3n) is 5.43. The van der Waals surface area contributed by atoms with Gasteiger partial charge < -0.3 is 20.6 Å². The van der Waals surface area contributed by atoms with E-state index in [0.717, 1.165) is 11.1 Å². The fourth-order valence-electron chi connectivity index (χ4n) is 3.87. The summed E-state index contributed by atoms with van der Waals surface area (Å²) in [7, 11) is 0. The smallest absolute Gasteiger partial charge is 0.261 e. The number of rotatable bonds is 6. The summed E-state index contributed by atoms with van der Waals surface area (Å²) in [6, 6.07) is 7.90. The quantitative estimate of drug-likeness (QED) is 0.540. The van der Waals surface area contributed by atoms with Crippen molar-refractivity contribution >= 4 is 16.9 Å². The number of H-pyrrole nitrogens is 1. The number of carbonyl (C=O) groups excluding carboxylic acids is 1. The van der Waals surface area contributed by atoms with Crippen molar-refractivity contribution in [1.29, 1.82) is 0 Å². The number of nitrogens with zero attached hydrogens (tertiary/aromatic N) is 2. The summed E-state index contributed by atoms with van der Waals surface area (Å²) in [5, 5.41) is 10.7. The van der Waals surface area contributed by atoms with E-state index < -0.39 is 17.7 Å². The minimum atomic E-state index is -0.910. The van der Waals surface area contributed by atoms with Gasteiger partial charge in [-0.3, -0.25) is 19.5 Å². The summed E-state index contributed by atoms with van der Waals surface area (Å²) in [5.74, 6) is -1.18. The van der Waals surface area contributed by atoms with E-state index in [4.69, 9.17) is 10.5 Å². The Morgan fingerprint density at radius 3 is 2.65 bits per heavy atom. The fourth-order valence-corrected chi connectivity index (χ4v) is 3.87. The molecule has 1 aliphatic rings. The Bertz CT molecular complexity index is 1160. The fraction of sp³-hybridized carbons (Fsp3) is 0.318. The van der Waals surface area contributed by atoms with Crippen LogP contribution in [0.15, 0.2) is 41.3 Å². The first-order valence-electron chi connectivity index (χ1n) is 10.0. The number of pyridine rings is 2. The van der Waals surface area contributed by atoms with Gasteiger partial charge in [-0.15, -0.1) is 0 Å². The predicted molar refractivity (Wildman–Crippen MR) is 112 cm³/mol. The average molecular weight is 426 g/mol. The van der Waals surface area contributed by atoms with E-state index in [-0.39, 0.29) is 17.8 Å². The molecule has 3 heterocycles. The van der Waals surface area contributed by atoms with E-state index in [1.807, 2.05) is 4.90 Å². The molecular weight excluding hydrogens is 403 g/mol. The van der Waals surface area contributed by atoms with Gasteiger partial charge in [0.25, 0.3) is 11.5 Å². The number of aliphatic hydroxyl groups is 1. The van der Waals surface area contributed by atoms with E-state index in [0.29, 0.717) is 49.3 Å². The lowest BCUT2D eigenvalue weighted by Crippen LogP contribution is -2.45. The highest BCUT2D eigenvalue weighted by molar-refractivity contribution is 5.98. The number of amides is 1. The SMILES string of the molecule is NC(=O)c1c(CC(O)N2CCOCC2)c2ncc(Cc3ccc(F)cc3)cc2[nH]c1=O. The van der Waals surface area contributed by atoms with Crippen molar-refractivity contribution in [2.24, 2.45) is 5.73 Å². The van der Waals surface area contributed by atoms with Gasteiger partial charge in [0, 0.05) is 31.3 Å². The van der Waals surface area contributed by atoms with Crippen LogP contribution in [0, 0.1) is 5.82 Å². The van der Waals surface area contributed by atoms with Crippen molar-refractivity contribution in [3.8, 4) is 0 Å². The van der Waals surface area contributed by atoms with Crippen molar-refractivity contribution in [3.63, 3.8) is 0 Å². The maximum atomic E-state index is 13.1. The van der Waals surface area contributed by atoms with Gasteiger partial charge in [-0.1, -0.05) is 12.1 Å². The number of aliphatic hydroxyl groups excluding tert-OH is 1. The van der Waals surface area contributed by atoms with Crippen molar-refractivity contribution < 1.29 is 19.0 Å². The Labute approximate surface area is 177 Å². The van der Waals surface area contributed by atoms with Crippen LogP contribution in [0.1, 0.15) is 27.0 Å². The molecule has 9 heteroatoms. The maximum Gasteiger partial charge on any atom is 0.261 e. The van der Waals surface area contributed by atoms with Crippen molar-refractivity contribution in [2.45, 2.75) is 19.1 Å². The summed E-state index contributed by atoms with van der Waals surface area (Å²) in [6.07, 6.45) is 1.25. The molecule has 0 aliphatic carbocycles. The van der Waals surface area contributed by atoms with Gasteiger partial charge in [0.2, 0.25) is 0 Å². The summed E-state index contributed by atoms with van der Waals surface area (Å²) in [4.78, 5) is 33.6. The van der Waals surface area contributed by atoms with E-state index in [9.17, 15) is 19.1 Å². The lowest BCUT2D eigenvalue weighted by atomic mass is 10.0. The minimum Gasteiger partial charge on any atom is -0.379 e. The topological polar surface area (TPSA) is 122 Å². The zero-order chi connectivity index (χ0) is 22.0. The number of primary amides is 1. The number of ether oxygens (including phenoxy) is 1. The van der Waals surface area contributed by atoms with Gasteiger partial charge in [0.15, 0.2) is 0 Å². The summed E-state index contributed by atoms with van der Waals surface area (Å²) in [6.45, 7) is 2.09. The maximum absolute atomic E-state index is 13.1. The largest absolute Gasteiger partial charge is 0.379 e. The Morgan fingerprint density at radius 1 is 1.26 bits per heavy atom. The number of hydrogen-bond donors (Lipinski definition) is 3. The molecule has 0 saturated carbocycles. The molecule has 1 aliphatic heterocycles. The van der Waals surface area contributed by atoms with Crippen LogP contribution < -0.4 is 11.3 Å². The Morgan fingerprint density at radius 2 is 1.97 bits per heavy atom. The van der Waals surface area contributed by atoms with E-state index in [1.54, 1.807) is 24.4 Å².